The van der Waals surface area contributed by atoms with Gasteiger partial charge >= 0.3 is 5.69 Å². The fourth-order valence-electron chi connectivity index (χ4n) is 4.06. The van der Waals surface area contributed by atoms with Crippen molar-refractivity contribution in [3.05, 3.63) is 70.4 Å². The Bertz CT molecular complexity index is 1540. The lowest BCUT2D eigenvalue weighted by atomic mass is 10.0. The molecular weight excluding hydrogens is 461 g/mol. The number of rotatable bonds is 5. The third-order valence-electron chi connectivity index (χ3n) is 5.68. The molecular formula is C21H17F3N4O4S. The number of aromatic nitrogens is 3. The number of sulfonamides is 1. The van der Waals surface area contributed by atoms with Gasteiger partial charge in [-0.3, -0.25) is 4.57 Å². The van der Waals surface area contributed by atoms with Crippen molar-refractivity contribution in [3.8, 4) is 16.9 Å². The number of halogens is 3. The second-order valence-electron chi connectivity index (χ2n) is 7.63. The van der Waals surface area contributed by atoms with E-state index in [0.717, 1.165) is 21.3 Å². The molecule has 1 aliphatic heterocycles. The van der Waals surface area contributed by atoms with Gasteiger partial charge in [-0.25, -0.2) is 35.7 Å². The van der Waals surface area contributed by atoms with E-state index in [1.807, 2.05) is 0 Å². The molecule has 5 rings (SSSR count). The summed E-state index contributed by atoms with van der Waals surface area (Å²) in [5.41, 5.74) is -0.763. The van der Waals surface area contributed by atoms with Crippen LogP contribution in [0.2, 0.25) is 0 Å². The first kappa shape index (κ1) is 21.5. The molecule has 2 unspecified atom stereocenters. The van der Waals surface area contributed by atoms with Gasteiger partial charge < -0.3 is 4.52 Å². The SMILES string of the molecule is CCS(=O)(=O)NC1Cn2c(cn(-c3noc4cccc(-c5c(F)cccc5F)c34)c2=O)C1F. The molecule has 172 valence electrons. The fraction of sp³-hybridized carbons (Fsp3) is 0.238. The minimum atomic E-state index is -3.68. The number of hydrogen-bond donors (Lipinski definition) is 1. The minimum absolute atomic E-state index is 0.0468. The van der Waals surface area contributed by atoms with Crippen molar-refractivity contribution >= 4 is 21.0 Å². The van der Waals surface area contributed by atoms with E-state index in [-0.39, 0.29) is 45.9 Å². The quantitative estimate of drug-likeness (QED) is 0.475. The van der Waals surface area contributed by atoms with Crippen LogP contribution in [0, 0.1) is 11.6 Å². The highest BCUT2D eigenvalue weighted by molar-refractivity contribution is 7.89. The van der Waals surface area contributed by atoms with Gasteiger partial charge in [-0.05, 0) is 25.1 Å². The maximum Gasteiger partial charge on any atom is 0.334 e. The first-order valence-corrected chi connectivity index (χ1v) is 11.7. The first-order chi connectivity index (χ1) is 15.7. The van der Waals surface area contributed by atoms with Crippen LogP contribution < -0.4 is 10.4 Å². The van der Waals surface area contributed by atoms with Crippen LogP contribution in [0.15, 0.2) is 51.9 Å². The van der Waals surface area contributed by atoms with Gasteiger partial charge in [-0.15, -0.1) is 0 Å². The van der Waals surface area contributed by atoms with Gasteiger partial charge in [0.05, 0.1) is 28.4 Å². The molecule has 0 amide bonds. The summed E-state index contributed by atoms with van der Waals surface area (Å²) in [6, 6.07) is 6.84. The van der Waals surface area contributed by atoms with Crippen molar-refractivity contribution in [1.82, 2.24) is 19.0 Å². The normalized spacial score (nSPS) is 18.2. The Balaban J connectivity index is 1.64. The smallest absolute Gasteiger partial charge is 0.334 e. The zero-order valence-electron chi connectivity index (χ0n) is 17.1. The molecule has 3 heterocycles. The predicted molar refractivity (Wildman–Crippen MR) is 113 cm³/mol. The number of fused-ring (bicyclic) bond motifs is 2. The van der Waals surface area contributed by atoms with E-state index in [2.05, 4.69) is 9.88 Å². The van der Waals surface area contributed by atoms with Crippen LogP contribution in [0.5, 0.6) is 0 Å². The van der Waals surface area contributed by atoms with E-state index in [9.17, 15) is 22.0 Å². The molecule has 1 N–H and O–H groups in total. The number of nitrogens with one attached hydrogen (secondary N) is 1. The molecule has 0 radical (unpaired) electrons. The van der Waals surface area contributed by atoms with Crippen molar-refractivity contribution in [2.24, 2.45) is 0 Å². The van der Waals surface area contributed by atoms with Gasteiger partial charge in [0.2, 0.25) is 10.0 Å². The molecule has 2 atom stereocenters. The Kier molecular flexibility index (Phi) is 4.94. The van der Waals surface area contributed by atoms with E-state index >= 15 is 4.39 Å². The minimum Gasteiger partial charge on any atom is -0.354 e. The number of hydrogen-bond acceptors (Lipinski definition) is 5. The lowest BCUT2D eigenvalue weighted by Crippen LogP contribution is -2.39. The van der Waals surface area contributed by atoms with E-state index in [1.165, 1.54) is 37.4 Å². The molecule has 0 aliphatic carbocycles. The fourth-order valence-corrected chi connectivity index (χ4v) is 4.89. The number of alkyl halides is 1. The third kappa shape index (κ3) is 3.37. The Hall–Kier alpha value is -3.38. The van der Waals surface area contributed by atoms with Gasteiger partial charge in [-0.1, -0.05) is 23.4 Å². The third-order valence-corrected chi connectivity index (χ3v) is 7.10. The molecule has 2 aromatic carbocycles. The van der Waals surface area contributed by atoms with Crippen LogP contribution >= 0.6 is 0 Å². The Morgan fingerprint density at radius 2 is 1.88 bits per heavy atom. The summed E-state index contributed by atoms with van der Waals surface area (Å²) < 4.78 is 77.3. The van der Waals surface area contributed by atoms with Crippen molar-refractivity contribution in [3.63, 3.8) is 0 Å². The Morgan fingerprint density at radius 1 is 1.18 bits per heavy atom. The molecule has 12 heteroatoms. The van der Waals surface area contributed by atoms with Crippen LogP contribution in [0.3, 0.4) is 0 Å². The summed E-state index contributed by atoms with van der Waals surface area (Å²) in [6.07, 6.45) is -0.583. The zero-order chi connectivity index (χ0) is 23.5. The average molecular weight is 478 g/mol. The molecule has 1 aliphatic rings. The van der Waals surface area contributed by atoms with Crippen LogP contribution in [-0.2, 0) is 16.6 Å². The summed E-state index contributed by atoms with van der Waals surface area (Å²) in [6.45, 7) is 1.20. The number of benzene rings is 2. The second-order valence-corrected chi connectivity index (χ2v) is 9.67. The highest BCUT2D eigenvalue weighted by Gasteiger charge is 2.38. The van der Waals surface area contributed by atoms with Gasteiger partial charge in [0.1, 0.15) is 11.6 Å². The molecule has 0 bridgehead atoms. The second kappa shape index (κ2) is 7.59. The standard InChI is InChI=1S/C21H17F3N4O4S/c1-2-33(30,31)26-14-9-27-15(19(14)24)10-28(21(27)29)20-18-11(5-3-8-16(18)32-25-20)17-12(22)6-4-7-13(17)23/h3-8,10,14,19,26H,2,9H2,1H3. The highest BCUT2D eigenvalue weighted by atomic mass is 32.2. The monoisotopic (exact) mass is 478 g/mol. The van der Waals surface area contributed by atoms with E-state index < -0.39 is 39.6 Å². The van der Waals surface area contributed by atoms with Gasteiger partial charge in [0.25, 0.3) is 0 Å². The predicted octanol–water partition coefficient (Wildman–Crippen LogP) is 3.06. The van der Waals surface area contributed by atoms with E-state index in [1.54, 1.807) is 0 Å². The van der Waals surface area contributed by atoms with Crippen molar-refractivity contribution in [1.29, 1.82) is 0 Å². The first-order valence-electron chi connectivity index (χ1n) is 10.0. The summed E-state index contributed by atoms with van der Waals surface area (Å²) in [5, 5.41) is 4.07. The Labute approximate surface area is 185 Å². The Morgan fingerprint density at radius 3 is 2.55 bits per heavy atom. The maximum atomic E-state index is 15.0. The number of imidazole rings is 1. The van der Waals surface area contributed by atoms with Crippen LogP contribution in [0.25, 0.3) is 27.9 Å². The summed E-state index contributed by atoms with van der Waals surface area (Å²) in [7, 11) is -3.68. The largest absolute Gasteiger partial charge is 0.354 e. The van der Waals surface area contributed by atoms with Crippen molar-refractivity contribution in [2.75, 3.05) is 5.75 Å². The van der Waals surface area contributed by atoms with Crippen LogP contribution in [0.4, 0.5) is 13.2 Å². The lowest BCUT2D eigenvalue weighted by Gasteiger charge is -2.14. The van der Waals surface area contributed by atoms with E-state index in [4.69, 9.17) is 4.52 Å². The molecule has 8 nitrogen and oxygen atoms in total. The van der Waals surface area contributed by atoms with Gasteiger partial charge in [0.15, 0.2) is 17.6 Å². The maximum absolute atomic E-state index is 15.0. The summed E-state index contributed by atoms with van der Waals surface area (Å²) in [5.74, 6) is -1.91. The van der Waals surface area contributed by atoms with Gasteiger partial charge in [-0.2, -0.15) is 0 Å². The van der Waals surface area contributed by atoms with Crippen molar-refractivity contribution < 1.29 is 26.1 Å². The van der Waals surface area contributed by atoms with Crippen LogP contribution in [0.1, 0.15) is 18.8 Å². The molecule has 2 aromatic heterocycles. The average Bonchev–Trinajstić information content (AvgIpc) is 3.43. The molecule has 4 aromatic rings. The lowest BCUT2D eigenvalue weighted by molar-refractivity contribution is 0.292. The van der Waals surface area contributed by atoms with Gasteiger partial charge in [0, 0.05) is 18.3 Å². The molecule has 0 spiro atoms. The highest BCUT2D eigenvalue weighted by Crippen LogP contribution is 2.36. The number of nitrogens with zero attached hydrogens (tertiary/aromatic N) is 3. The summed E-state index contributed by atoms with van der Waals surface area (Å²) in [4.78, 5) is 13.1. The zero-order valence-corrected chi connectivity index (χ0v) is 17.9. The van der Waals surface area contributed by atoms with Crippen molar-refractivity contribution in [2.45, 2.75) is 25.7 Å². The molecule has 0 saturated heterocycles. The topological polar surface area (TPSA) is 99.1 Å². The molecule has 0 fully saturated rings. The van der Waals surface area contributed by atoms with Crippen LogP contribution in [-0.4, -0.2) is 34.5 Å². The summed E-state index contributed by atoms with van der Waals surface area (Å²) >= 11 is 0. The molecule has 33 heavy (non-hydrogen) atoms. The van der Waals surface area contributed by atoms with E-state index in [0.29, 0.717) is 0 Å². The molecule has 0 saturated carbocycles.